The van der Waals surface area contributed by atoms with Crippen LogP contribution in [0.1, 0.15) is 10.5 Å². The van der Waals surface area contributed by atoms with Crippen molar-refractivity contribution >= 4 is 23.2 Å². The molecule has 0 fully saturated rings. The first kappa shape index (κ1) is 16.2. The van der Waals surface area contributed by atoms with Crippen LogP contribution in [0.4, 0.5) is 5.69 Å². The normalized spacial score (nSPS) is 10.3. The van der Waals surface area contributed by atoms with E-state index in [9.17, 15) is 4.79 Å². The number of anilines is 1. The number of aromatic nitrogens is 1. The number of nitrogens with one attached hydrogen (secondary N) is 2. The molecule has 0 aliphatic rings. The molecule has 0 saturated carbocycles. The summed E-state index contributed by atoms with van der Waals surface area (Å²) in [6.45, 7) is 0.844. The lowest BCUT2D eigenvalue weighted by Gasteiger charge is -2.12. The highest BCUT2D eigenvalue weighted by Crippen LogP contribution is 2.30. The molecule has 1 heterocycles. The summed E-state index contributed by atoms with van der Waals surface area (Å²) >= 11 is 5.78. The lowest BCUT2D eigenvalue weighted by molar-refractivity contribution is 0.102. The van der Waals surface area contributed by atoms with Crippen LogP contribution in [0.3, 0.4) is 0 Å². The van der Waals surface area contributed by atoms with Crippen LogP contribution in [-0.4, -0.2) is 38.3 Å². The first-order valence-corrected chi connectivity index (χ1v) is 6.97. The Morgan fingerprint density at radius 1 is 1.23 bits per heavy atom. The average molecular weight is 325 g/mol. The fraction of sp³-hybridized carbons (Fsp3) is 0.267. The quantitative estimate of drug-likeness (QED) is 0.768. The van der Waals surface area contributed by atoms with Crippen LogP contribution in [0, 0.1) is 0 Å². The molecule has 1 aromatic carbocycles. The number of carbonyl (C=O) groups excluding carboxylic acids is 1. The standard InChI is InChI=1S/C15H17ClN2O4/c1-20-5-6-22-14-8-11(3-4-13(14)21-2)18-15(19)12-7-10(16)9-17-12/h3-4,7-9,17H,5-6H2,1-2H3,(H,18,19). The van der Waals surface area contributed by atoms with Crippen LogP contribution >= 0.6 is 11.6 Å². The summed E-state index contributed by atoms with van der Waals surface area (Å²) in [5.74, 6) is 0.818. The smallest absolute Gasteiger partial charge is 0.272 e. The summed E-state index contributed by atoms with van der Waals surface area (Å²) in [7, 11) is 3.15. The molecule has 22 heavy (non-hydrogen) atoms. The second kappa shape index (κ2) is 7.72. The molecule has 0 atom stereocenters. The Kier molecular flexibility index (Phi) is 5.68. The second-order valence-electron chi connectivity index (χ2n) is 4.39. The van der Waals surface area contributed by atoms with Crippen LogP contribution in [0.15, 0.2) is 30.5 Å². The van der Waals surface area contributed by atoms with Gasteiger partial charge < -0.3 is 24.5 Å². The van der Waals surface area contributed by atoms with E-state index in [2.05, 4.69) is 10.3 Å². The number of benzene rings is 1. The van der Waals surface area contributed by atoms with E-state index in [1.165, 1.54) is 0 Å². The molecular formula is C15H17ClN2O4. The molecule has 6 nitrogen and oxygen atoms in total. The molecular weight excluding hydrogens is 308 g/mol. The number of carbonyl (C=O) groups is 1. The lowest BCUT2D eigenvalue weighted by Crippen LogP contribution is -2.12. The van der Waals surface area contributed by atoms with Crippen molar-refractivity contribution < 1.29 is 19.0 Å². The SMILES string of the molecule is COCCOc1cc(NC(=O)c2cc(Cl)c[nH]2)ccc1OC. The van der Waals surface area contributed by atoms with Crippen LogP contribution in [0.5, 0.6) is 11.5 Å². The zero-order chi connectivity index (χ0) is 15.9. The maximum Gasteiger partial charge on any atom is 0.272 e. The maximum atomic E-state index is 12.1. The van der Waals surface area contributed by atoms with Gasteiger partial charge in [-0.1, -0.05) is 11.6 Å². The number of halogens is 1. The summed E-state index contributed by atoms with van der Waals surface area (Å²) in [5, 5.41) is 3.23. The highest BCUT2D eigenvalue weighted by atomic mass is 35.5. The minimum Gasteiger partial charge on any atom is -0.493 e. The molecule has 2 rings (SSSR count). The molecule has 1 aromatic heterocycles. The molecule has 7 heteroatoms. The summed E-state index contributed by atoms with van der Waals surface area (Å²) in [5.41, 5.74) is 0.964. The summed E-state index contributed by atoms with van der Waals surface area (Å²) in [6.07, 6.45) is 1.55. The number of methoxy groups -OCH3 is 2. The van der Waals surface area contributed by atoms with Crippen molar-refractivity contribution in [3.05, 3.63) is 41.2 Å². The Morgan fingerprint density at radius 2 is 2.05 bits per heavy atom. The molecule has 0 aliphatic heterocycles. The third-order valence-corrected chi connectivity index (χ3v) is 3.08. The van der Waals surface area contributed by atoms with Gasteiger partial charge in [0.05, 0.1) is 18.7 Å². The monoisotopic (exact) mass is 324 g/mol. The number of aromatic amines is 1. The van der Waals surface area contributed by atoms with E-state index < -0.39 is 0 Å². The van der Waals surface area contributed by atoms with E-state index in [-0.39, 0.29) is 5.91 Å². The molecule has 2 N–H and O–H groups in total. The predicted molar refractivity (Wildman–Crippen MR) is 84.1 cm³/mol. The van der Waals surface area contributed by atoms with Gasteiger partial charge in [0, 0.05) is 25.1 Å². The number of ether oxygens (including phenoxy) is 3. The van der Waals surface area contributed by atoms with Gasteiger partial charge in [0.25, 0.3) is 5.91 Å². The van der Waals surface area contributed by atoms with Crippen molar-refractivity contribution in [1.29, 1.82) is 0 Å². The Bertz CT molecular complexity index is 642. The minimum absolute atomic E-state index is 0.292. The van der Waals surface area contributed by atoms with Gasteiger partial charge in [0.2, 0.25) is 0 Å². The van der Waals surface area contributed by atoms with E-state index in [1.807, 2.05) is 0 Å². The number of hydrogen-bond donors (Lipinski definition) is 2. The highest BCUT2D eigenvalue weighted by molar-refractivity contribution is 6.31. The number of H-pyrrole nitrogens is 1. The third-order valence-electron chi connectivity index (χ3n) is 2.86. The first-order valence-electron chi connectivity index (χ1n) is 6.59. The fourth-order valence-electron chi connectivity index (χ4n) is 1.80. The molecule has 1 amide bonds. The molecule has 0 spiro atoms. The predicted octanol–water partition coefficient (Wildman–Crippen LogP) is 2.95. The Hall–Kier alpha value is -2.18. The van der Waals surface area contributed by atoms with Crippen molar-refractivity contribution in [2.24, 2.45) is 0 Å². The molecule has 0 unspecified atom stereocenters. The highest BCUT2D eigenvalue weighted by Gasteiger charge is 2.11. The Balaban J connectivity index is 2.10. The van der Waals surface area contributed by atoms with Crippen molar-refractivity contribution in [2.75, 3.05) is 32.8 Å². The average Bonchev–Trinajstić information content (AvgIpc) is 2.94. The van der Waals surface area contributed by atoms with E-state index in [1.54, 1.807) is 44.7 Å². The fourth-order valence-corrected chi connectivity index (χ4v) is 1.96. The van der Waals surface area contributed by atoms with Crippen LogP contribution in [0.25, 0.3) is 0 Å². The van der Waals surface area contributed by atoms with Crippen molar-refractivity contribution in [2.45, 2.75) is 0 Å². The van der Waals surface area contributed by atoms with Gasteiger partial charge in [-0.3, -0.25) is 4.79 Å². The largest absolute Gasteiger partial charge is 0.493 e. The number of amides is 1. The van der Waals surface area contributed by atoms with Crippen molar-refractivity contribution in [3.63, 3.8) is 0 Å². The van der Waals surface area contributed by atoms with Gasteiger partial charge in [-0.2, -0.15) is 0 Å². The number of rotatable bonds is 7. The van der Waals surface area contributed by atoms with Crippen molar-refractivity contribution in [1.82, 2.24) is 4.98 Å². The Labute approximate surface area is 133 Å². The lowest BCUT2D eigenvalue weighted by atomic mass is 10.2. The van der Waals surface area contributed by atoms with Gasteiger partial charge in [0.15, 0.2) is 11.5 Å². The van der Waals surface area contributed by atoms with Gasteiger partial charge in [-0.15, -0.1) is 0 Å². The molecule has 2 aromatic rings. The summed E-state index contributed by atoms with van der Waals surface area (Å²) in [4.78, 5) is 14.8. The van der Waals surface area contributed by atoms with Crippen LogP contribution in [-0.2, 0) is 4.74 Å². The maximum absolute atomic E-state index is 12.1. The minimum atomic E-state index is -0.292. The molecule has 0 saturated heterocycles. The zero-order valence-electron chi connectivity index (χ0n) is 12.3. The Morgan fingerprint density at radius 3 is 2.68 bits per heavy atom. The van der Waals surface area contributed by atoms with Gasteiger partial charge in [-0.25, -0.2) is 0 Å². The van der Waals surface area contributed by atoms with E-state index >= 15 is 0 Å². The topological polar surface area (TPSA) is 72.6 Å². The third kappa shape index (κ3) is 4.16. The first-order chi connectivity index (χ1) is 10.6. The van der Waals surface area contributed by atoms with Gasteiger partial charge in [0.1, 0.15) is 12.3 Å². The second-order valence-corrected chi connectivity index (χ2v) is 4.83. The van der Waals surface area contributed by atoms with E-state index in [0.29, 0.717) is 41.1 Å². The summed E-state index contributed by atoms with van der Waals surface area (Å²) in [6, 6.07) is 6.69. The molecule has 0 bridgehead atoms. The summed E-state index contributed by atoms with van der Waals surface area (Å²) < 4.78 is 15.7. The van der Waals surface area contributed by atoms with E-state index in [4.69, 9.17) is 25.8 Å². The zero-order valence-corrected chi connectivity index (χ0v) is 13.1. The number of hydrogen-bond acceptors (Lipinski definition) is 4. The molecule has 0 aliphatic carbocycles. The van der Waals surface area contributed by atoms with Crippen LogP contribution in [0.2, 0.25) is 5.02 Å². The van der Waals surface area contributed by atoms with E-state index in [0.717, 1.165) is 0 Å². The molecule has 0 radical (unpaired) electrons. The van der Waals surface area contributed by atoms with Crippen LogP contribution < -0.4 is 14.8 Å². The van der Waals surface area contributed by atoms with Gasteiger partial charge in [-0.05, 0) is 18.2 Å². The van der Waals surface area contributed by atoms with Gasteiger partial charge >= 0.3 is 0 Å². The van der Waals surface area contributed by atoms with Crippen molar-refractivity contribution in [3.8, 4) is 11.5 Å². The molecule has 118 valence electrons.